The first-order valence-electron chi connectivity index (χ1n) is 5.10. The van der Waals surface area contributed by atoms with Crippen molar-refractivity contribution in [1.82, 2.24) is 0 Å². The Balaban J connectivity index is 2.63. The predicted molar refractivity (Wildman–Crippen MR) is 66.8 cm³/mol. The highest BCUT2D eigenvalue weighted by atomic mass is 35.5. The van der Waals surface area contributed by atoms with Gasteiger partial charge in [0.15, 0.2) is 5.96 Å². The molecule has 0 spiro atoms. The van der Waals surface area contributed by atoms with Crippen LogP contribution < -0.4 is 16.2 Å². The third-order valence-electron chi connectivity index (χ3n) is 2.06. The average Bonchev–Trinajstić information content (AvgIpc) is 2.26. The molecule has 5 heteroatoms. The first kappa shape index (κ1) is 12.6. The molecule has 0 bridgehead atoms. The Morgan fingerprint density at radius 3 is 2.69 bits per heavy atom. The van der Waals surface area contributed by atoms with Gasteiger partial charge in [0.1, 0.15) is 11.9 Å². The summed E-state index contributed by atoms with van der Waals surface area (Å²) in [6.45, 7) is 2.44. The van der Waals surface area contributed by atoms with Gasteiger partial charge in [-0.05, 0) is 18.6 Å². The maximum atomic E-state index is 5.98. The quantitative estimate of drug-likeness (QED) is 0.610. The molecule has 1 aromatic carbocycles. The average molecular weight is 242 g/mol. The van der Waals surface area contributed by atoms with Crippen LogP contribution in [0.3, 0.4) is 0 Å². The van der Waals surface area contributed by atoms with Crippen LogP contribution in [0.5, 0.6) is 5.75 Å². The Kier molecular flexibility index (Phi) is 4.92. The summed E-state index contributed by atoms with van der Waals surface area (Å²) in [5, 5.41) is 0.589. The van der Waals surface area contributed by atoms with Crippen molar-refractivity contribution in [3.8, 4) is 5.75 Å². The maximum absolute atomic E-state index is 5.98. The molecule has 0 aliphatic heterocycles. The third-order valence-corrected chi connectivity index (χ3v) is 2.38. The van der Waals surface area contributed by atoms with Crippen molar-refractivity contribution in [2.45, 2.75) is 19.4 Å². The number of nitrogens with two attached hydrogens (primary N) is 2. The number of benzene rings is 1. The minimum Gasteiger partial charge on any atom is -0.487 e. The van der Waals surface area contributed by atoms with Crippen LogP contribution in [0, 0.1) is 0 Å². The number of nitrogens with zero attached hydrogens (tertiary/aromatic N) is 1. The van der Waals surface area contributed by atoms with Gasteiger partial charge in [-0.15, -0.1) is 0 Å². The molecular formula is C11H16ClN3O. The second kappa shape index (κ2) is 6.23. The third kappa shape index (κ3) is 3.98. The van der Waals surface area contributed by atoms with E-state index in [-0.39, 0.29) is 12.1 Å². The summed E-state index contributed by atoms with van der Waals surface area (Å²) in [5.74, 6) is 0.725. The minimum absolute atomic E-state index is 0.0676. The molecule has 1 atom stereocenters. The molecule has 0 aliphatic rings. The van der Waals surface area contributed by atoms with Crippen molar-refractivity contribution in [3.63, 3.8) is 0 Å². The number of hydrogen-bond acceptors (Lipinski definition) is 2. The Morgan fingerprint density at radius 1 is 1.44 bits per heavy atom. The van der Waals surface area contributed by atoms with E-state index < -0.39 is 0 Å². The van der Waals surface area contributed by atoms with Gasteiger partial charge < -0.3 is 16.2 Å². The lowest BCUT2D eigenvalue weighted by atomic mass is 10.2. The van der Waals surface area contributed by atoms with E-state index in [1.807, 2.05) is 25.1 Å². The SMILES string of the molecule is CCC(CN=C(N)N)Oc1ccccc1Cl. The minimum atomic E-state index is -0.0676. The van der Waals surface area contributed by atoms with Crippen molar-refractivity contribution in [2.75, 3.05) is 6.54 Å². The molecule has 0 aliphatic carbocycles. The van der Waals surface area contributed by atoms with Crippen LogP contribution in [-0.2, 0) is 0 Å². The normalized spacial score (nSPS) is 11.9. The van der Waals surface area contributed by atoms with Crippen LogP contribution in [0.4, 0.5) is 0 Å². The first-order chi connectivity index (χ1) is 7.63. The zero-order valence-corrected chi connectivity index (χ0v) is 9.95. The van der Waals surface area contributed by atoms with Gasteiger partial charge in [0.2, 0.25) is 0 Å². The lowest BCUT2D eigenvalue weighted by molar-refractivity contribution is 0.206. The number of halogens is 1. The topological polar surface area (TPSA) is 73.6 Å². The molecule has 1 rings (SSSR count). The smallest absolute Gasteiger partial charge is 0.186 e. The van der Waals surface area contributed by atoms with E-state index in [1.54, 1.807) is 6.07 Å². The van der Waals surface area contributed by atoms with Crippen LogP contribution in [0.15, 0.2) is 29.3 Å². The number of rotatable bonds is 5. The van der Waals surface area contributed by atoms with Crippen LogP contribution in [0.2, 0.25) is 5.02 Å². The summed E-state index contributed by atoms with van der Waals surface area (Å²) in [4.78, 5) is 3.93. The molecule has 0 saturated carbocycles. The summed E-state index contributed by atoms with van der Waals surface area (Å²) >= 11 is 5.98. The monoisotopic (exact) mass is 241 g/mol. The number of aliphatic imine (C=N–C) groups is 1. The number of hydrogen-bond donors (Lipinski definition) is 2. The van der Waals surface area contributed by atoms with Gasteiger partial charge >= 0.3 is 0 Å². The fourth-order valence-corrected chi connectivity index (χ4v) is 1.36. The van der Waals surface area contributed by atoms with Gasteiger partial charge in [-0.25, -0.2) is 4.99 Å². The van der Waals surface area contributed by atoms with Crippen molar-refractivity contribution in [1.29, 1.82) is 0 Å². The highest BCUT2D eigenvalue weighted by Gasteiger charge is 2.09. The van der Waals surface area contributed by atoms with E-state index in [0.29, 0.717) is 17.3 Å². The molecule has 0 saturated heterocycles. The molecule has 4 N–H and O–H groups in total. The fraction of sp³-hybridized carbons (Fsp3) is 0.364. The van der Waals surface area contributed by atoms with E-state index in [1.165, 1.54) is 0 Å². The fourth-order valence-electron chi connectivity index (χ4n) is 1.18. The van der Waals surface area contributed by atoms with E-state index in [2.05, 4.69) is 4.99 Å². The highest BCUT2D eigenvalue weighted by molar-refractivity contribution is 6.32. The van der Waals surface area contributed by atoms with Gasteiger partial charge in [0, 0.05) is 0 Å². The molecular weight excluding hydrogens is 226 g/mol. The molecule has 0 aromatic heterocycles. The van der Waals surface area contributed by atoms with Crippen LogP contribution in [0.25, 0.3) is 0 Å². The van der Waals surface area contributed by atoms with Crippen molar-refractivity contribution >= 4 is 17.6 Å². The number of guanidine groups is 1. The Labute approximate surface area is 100 Å². The Hall–Kier alpha value is -1.42. The van der Waals surface area contributed by atoms with Crippen LogP contribution in [-0.4, -0.2) is 18.6 Å². The Bertz CT molecular complexity index is 364. The van der Waals surface area contributed by atoms with Crippen LogP contribution >= 0.6 is 11.6 Å². The second-order valence-corrected chi connectivity index (χ2v) is 3.75. The van der Waals surface area contributed by atoms with Gasteiger partial charge in [-0.2, -0.15) is 0 Å². The lowest BCUT2D eigenvalue weighted by Crippen LogP contribution is -2.27. The molecule has 0 fully saturated rings. The Morgan fingerprint density at radius 2 is 2.12 bits per heavy atom. The predicted octanol–water partition coefficient (Wildman–Crippen LogP) is 1.77. The summed E-state index contributed by atoms with van der Waals surface area (Å²) in [5.41, 5.74) is 10.5. The maximum Gasteiger partial charge on any atom is 0.186 e. The molecule has 0 heterocycles. The summed E-state index contributed by atoms with van der Waals surface area (Å²) < 4.78 is 5.69. The van der Waals surface area contributed by atoms with Crippen molar-refractivity contribution in [3.05, 3.63) is 29.3 Å². The van der Waals surface area contributed by atoms with Gasteiger partial charge in [0.25, 0.3) is 0 Å². The van der Waals surface area contributed by atoms with Gasteiger partial charge in [0.05, 0.1) is 11.6 Å². The van der Waals surface area contributed by atoms with E-state index in [0.717, 1.165) is 6.42 Å². The van der Waals surface area contributed by atoms with Gasteiger partial charge in [-0.1, -0.05) is 30.7 Å². The van der Waals surface area contributed by atoms with E-state index in [9.17, 15) is 0 Å². The number of ether oxygens (including phenoxy) is 1. The highest BCUT2D eigenvalue weighted by Crippen LogP contribution is 2.24. The molecule has 0 radical (unpaired) electrons. The molecule has 4 nitrogen and oxygen atoms in total. The van der Waals surface area contributed by atoms with Crippen molar-refractivity contribution in [2.24, 2.45) is 16.5 Å². The van der Waals surface area contributed by atoms with E-state index in [4.69, 9.17) is 27.8 Å². The summed E-state index contributed by atoms with van der Waals surface area (Å²) in [6, 6.07) is 7.32. The zero-order chi connectivity index (χ0) is 12.0. The number of para-hydroxylation sites is 1. The van der Waals surface area contributed by atoms with Crippen LogP contribution in [0.1, 0.15) is 13.3 Å². The summed E-state index contributed by atoms with van der Waals surface area (Å²) in [6.07, 6.45) is 0.740. The largest absolute Gasteiger partial charge is 0.487 e. The standard InChI is InChI=1S/C11H16ClN3O/c1-2-8(7-15-11(13)14)16-10-6-4-3-5-9(10)12/h3-6,8H,2,7H2,1H3,(H4,13,14,15). The van der Waals surface area contributed by atoms with Gasteiger partial charge in [-0.3, -0.25) is 0 Å². The zero-order valence-electron chi connectivity index (χ0n) is 9.19. The van der Waals surface area contributed by atoms with Crippen molar-refractivity contribution < 1.29 is 4.74 Å². The second-order valence-electron chi connectivity index (χ2n) is 3.34. The molecule has 0 amide bonds. The molecule has 16 heavy (non-hydrogen) atoms. The summed E-state index contributed by atoms with van der Waals surface area (Å²) in [7, 11) is 0. The first-order valence-corrected chi connectivity index (χ1v) is 5.47. The molecule has 1 unspecified atom stereocenters. The van der Waals surface area contributed by atoms with E-state index >= 15 is 0 Å². The lowest BCUT2D eigenvalue weighted by Gasteiger charge is -2.16. The molecule has 1 aromatic rings. The molecule has 88 valence electrons.